The SMILES string of the molecule is C/C(=C\C[C@H](O)/C(C)=C/CC[C@](C)(O)CC(=O)O)C1=CC(=O)C(C)(C)O1. The molecule has 1 aliphatic heterocycles. The summed E-state index contributed by atoms with van der Waals surface area (Å²) in [6.45, 7) is 8.54. The van der Waals surface area contributed by atoms with Crippen molar-refractivity contribution in [1.29, 1.82) is 0 Å². The number of aliphatic hydroxyl groups excluding tert-OH is 1. The Morgan fingerprint density at radius 1 is 1.35 bits per heavy atom. The molecule has 0 fully saturated rings. The molecule has 0 spiro atoms. The molecule has 0 saturated carbocycles. The zero-order valence-corrected chi connectivity index (χ0v) is 16.2. The first-order valence-electron chi connectivity index (χ1n) is 8.75. The van der Waals surface area contributed by atoms with Crippen molar-refractivity contribution in [3.8, 4) is 0 Å². The number of ether oxygens (including phenoxy) is 1. The smallest absolute Gasteiger partial charge is 0.306 e. The summed E-state index contributed by atoms with van der Waals surface area (Å²) < 4.78 is 5.62. The summed E-state index contributed by atoms with van der Waals surface area (Å²) in [5.41, 5.74) is -0.570. The number of aliphatic carboxylic acids is 1. The fourth-order valence-corrected chi connectivity index (χ4v) is 2.58. The average Bonchev–Trinajstić information content (AvgIpc) is 2.76. The van der Waals surface area contributed by atoms with E-state index >= 15 is 0 Å². The highest BCUT2D eigenvalue weighted by Gasteiger charge is 2.35. The van der Waals surface area contributed by atoms with E-state index in [4.69, 9.17) is 9.84 Å². The van der Waals surface area contributed by atoms with Gasteiger partial charge in [-0.25, -0.2) is 0 Å². The normalized spacial score (nSPS) is 21.0. The standard InChI is InChI=1S/C20H30O6/c1-13(7-6-10-20(5,25)12-18(23)24)15(21)9-8-14(2)16-11-17(22)19(3,4)26-16/h7-8,11,15,21,25H,6,9-10,12H2,1-5H3,(H,23,24)/b13-7+,14-8+/t15-,20-/m0/s1. The average molecular weight is 366 g/mol. The van der Waals surface area contributed by atoms with Crippen LogP contribution in [0.25, 0.3) is 0 Å². The van der Waals surface area contributed by atoms with E-state index in [9.17, 15) is 19.8 Å². The molecule has 1 heterocycles. The van der Waals surface area contributed by atoms with Gasteiger partial charge in [-0.3, -0.25) is 9.59 Å². The lowest BCUT2D eigenvalue weighted by atomic mass is 9.95. The van der Waals surface area contributed by atoms with Gasteiger partial charge >= 0.3 is 5.97 Å². The molecule has 0 saturated heterocycles. The van der Waals surface area contributed by atoms with Crippen LogP contribution in [0.3, 0.4) is 0 Å². The van der Waals surface area contributed by atoms with Gasteiger partial charge in [0.25, 0.3) is 0 Å². The van der Waals surface area contributed by atoms with Crippen molar-refractivity contribution < 1.29 is 29.6 Å². The number of carboxylic acids is 1. The van der Waals surface area contributed by atoms with Crippen molar-refractivity contribution >= 4 is 11.8 Å². The number of allylic oxidation sites excluding steroid dienone is 2. The molecule has 26 heavy (non-hydrogen) atoms. The third-order valence-electron chi connectivity index (χ3n) is 4.46. The van der Waals surface area contributed by atoms with Crippen molar-refractivity contribution in [3.05, 3.63) is 35.1 Å². The molecule has 0 amide bonds. The Balaban J connectivity index is 2.56. The number of rotatable bonds is 9. The monoisotopic (exact) mass is 366 g/mol. The van der Waals surface area contributed by atoms with Crippen molar-refractivity contribution in [3.63, 3.8) is 0 Å². The van der Waals surface area contributed by atoms with Crippen molar-refractivity contribution in [2.45, 2.75) is 77.6 Å². The van der Waals surface area contributed by atoms with Crippen LogP contribution >= 0.6 is 0 Å². The Labute approximate surface area is 154 Å². The van der Waals surface area contributed by atoms with Crippen LogP contribution in [0.1, 0.15) is 60.3 Å². The zero-order chi connectivity index (χ0) is 20.1. The second-order valence-corrected chi connectivity index (χ2v) is 7.68. The highest BCUT2D eigenvalue weighted by Crippen LogP contribution is 2.29. The second-order valence-electron chi connectivity index (χ2n) is 7.68. The van der Waals surface area contributed by atoms with Crippen molar-refractivity contribution in [1.82, 2.24) is 0 Å². The Hall–Kier alpha value is -1.92. The van der Waals surface area contributed by atoms with E-state index in [1.807, 2.05) is 19.1 Å². The van der Waals surface area contributed by atoms with Crippen LogP contribution in [0.2, 0.25) is 0 Å². The second kappa shape index (κ2) is 8.64. The zero-order valence-electron chi connectivity index (χ0n) is 16.2. The van der Waals surface area contributed by atoms with Crippen LogP contribution in [0.5, 0.6) is 0 Å². The maximum Gasteiger partial charge on any atom is 0.306 e. The van der Waals surface area contributed by atoms with Crippen LogP contribution in [-0.2, 0) is 14.3 Å². The fourth-order valence-electron chi connectivity index (χ4n) is 2.58. The molecule has 0 bridgehead atoms. The molecule has 0 aromatic rings. The van der Waals surface area contributed by atoms with Crippen LogP contribution in [0, 0.1) is 0 Å². The third kappa shape index (κ3) is 6.77. The molecule has 0 aliphatic carbocycles. The van der Waals surface area contributed by atoms with Gasteiger partial charge in [-0.2, -0.15) is 0 Å². The summed E-state index contributed by atoms with van der Waals surface area (Å²) >= 11 is 0. The van der Waals surface area contributed by atoms with Crippen LogP contribution in [-0.4, -0.2) is 44.4 Å². The van der Waals surface area contributed by atoms with Gasteiger partial charge in [-0.15, -0.1) is 0 Å². The predicted octanol–water partition coefficient (Wildman–Crippen LogP) is 2.90. The summed E-state index contributed by atoms with van der Waals surface area (Å²) in [5.74, 6) is -0.592. The molecular formula is C20H30O6. The number of aliphatic hydroxyl groups is 2. The van der Waals surface area contributed by atoms with Gasteiger partial charge in [0.2, 0.25) is 5.78 Å². The topological polar surface area (TPSA) is 104 Å². The highest BCUT2D eigenvalue weighted by atomic mass is 16.5. The summed E-state index contributed by atoms with van der Waals surface area (Å²) in [6.07, 6.45) is 5.25. The van der Waals surface area contributed by atoms with Crippen LogP contribution < -0.4 is 0 Å². The maximum absolute atomic E-state index is 11.8. The molecule has 3 N–H and O–H groups in total. The van der Waals surface area contributed by atoms with Gasteiger partial charge in [0.05, 0.1) is 18.1 Å². The van der Waals surface area contributed by atoms with E-state index in [0.717, 1.165) is 11.1 Å². The molecule has 0 radical (unpaired) electrons. The lowest BCUT2D eigenvalue weighted by molar-refractivity contribution is -0.142. The lowest BCUT2D eigenvalue weighted by Crippen LogP contribution is -2.27. The number of ketones is 1. The van der Waals surface area contributed by atoms with Gasteiger partial charge in [-0.1, -0.05) is 12.2 Å². The van der Waals surface area contributed by atoms with Gasteiger partial charge < -0.3 is 20.1 Å². The van der Waals surface area contributed by atoms with E-state index in [2.05, 4.69) is 0 Å². The van der Waals surface area contributed by atoms with Gasteiger partial charge in [-0.05, 0) is 65.0 Å². The van der Waals surface area contributed by atoms with E-state index in [1.54, 1.807) is 20.8 Å². The first-order chi connectivity index (χ1) is 11.8. The molecule has 2 atom stereocenters. The van der Waals surface area contributed by atoms with E-state index in [1.165, 1.54) is 13.0 Å². The fraction of sp³-hybridized carbons (Fsp3) is 0.600. The van der Waals surface area contributed by atoms with Crippen LogP contribution in [0.15, 0.2) is 35.1 Å². The largest absolute Gasteiger partial charge is 0.481 e. The summed E-state index contributed by atoms with van der Waals surface area (Å²) in [7, 11) is 0. The molecular weight excluding hydrogens is 336 g/mol. The number of carboxylic acid groups (broad SMARTS) is 1. The Bertz CT molecular complexity index is 637. The van der Waals surface area contributed by atoms with E-state index < -0.39 is 23.3 Å². The Morgan fingerprint density at radius 3 is 2.46 bits per heavy atom. The lowest BCUT2D eigenvalue weighted by Gasteiger charge is -2.20. The Kier molecular flexibility index (Phi) is 7.35. The maximum atomic E-state index is 11.8. The van der Waals surface area contributed by atoms with Crippen molar-refractivity contribution in [2.75, 3.05) is 0 Å². The van der Waals surface area contributed by atoms with Gasteiger partial charge in [0, 0.05) is 6.08 Å². The predicted molar refractivity (Wildman–Crippen MR) is 98.5 cm³/mol. The molecule has 146 valence electrons. The summed E-state index contributed by atoms with van der Waals surface area (Å²) in [5, 5.41) is 29.0. The number of hydrogen-bond donors (Lipinski definition) is 3. The minimum Gasteiger partial charge on any atom is -0.481 e. The summed E-state index contributed by atoms with van der Waals surface area (Å²) in [4.78, 5) is 22.5. The van der Waals surface area contributed by atoms with Gasteiger partial charge in [0.1, 0.15) is 5.76 Å². The highest BCUT2D eigenvalue weighted by molar-refractivity contribution is 5.99. The van der Waals surface area contributed by atoms with Crippen molar-refractivity contribution in [2.24, 2.45) is 0 Å². The number of carbonyl (C=O) groups is 2. The molecule has 0 aromatic carbocycles. The minimum atomic E-state index is -1.27. The molecule has 0 unspecified atom stereocenters. The minimum absolute atomic E-state index is 0.0784. The first kappa shape index (κ1) is 22.1. The third-order valence-corrected chi connectivity index (χ3v) is 4.46. The van der Waals surface area contributed by atoms with Gasteiger partial charge in [0.15, 0.2) is 5.60 Å². The number of hydrogen-bond acceptors (Lipinski definition) is 5. The summed E-state index contributed by atoms with van der Waals surface area (Å²) in [6, 6.07) is 0. The molecule has 1 aliphatic rings. The van der Waals surface area contributed by atoms with E-state index in [0.29, 0.717) is 25.0 Å². The van der Waals surface area contributed by atoms with E-state index in [-0.39, 0.29) is 12.2 Å². The van der Waals surface area contributed by atoms with Crippen LogP contribution in [0.4, 0.5) is 0 Å². The Morgan fingerprint density at radius 2 is 1.96 bits per heavy atom. The molecule has 6 nitrogen and oxygen atoms in total. The molecule has 0 aromatic heterocycles. The molecule has 6 heteroatoms. The number of carbonyl (C=O) groups excluding carboxylic acids is 1. The molecule has 1 rings (SSSR count). The first-order valence-corrected chi connectivity index (χ1v) is 8.75. The quantitative estimate of drug-likeness (QED) is 0.542.